The molecule has 2 N–H and O–H groups in total. The molecule has 164 valence electrons. The summed E-state index contributed by atoms with van der Waals surface area (Å²) in [5.74, 6) is -0.247. The lowest BCUT2D eigenvalue weighted by Gasteiger charge is -2.21. The highest BCUT2D eigenvalue weighted by Crippen LogP contribution is 2.31. The van der Waals surface area contributed by atoms with Gasteiger partial charge in [0.25, 0.3) is 5.91 Å². The first kappa shape index (κ1) is 20.3. The van der Waals surface area contributed by atoms with Crippen molar-refractivity contribution in [3.05, 3.63) is 53.9 Å². The summed E-state index contributed by atoms with van der Waals surface area (Å²) in [5, 5.41) is 11.7. The van der Waals surface area contributed by atoms with Crippen LogP contribution in [0.2, 0.25) is 0 Å². The summed E-state index contributed by atoms with van der Waals surface area (Å²) in [6.07, 6.45) is 4.54. The van der Waals surface area contributed by atoms with Gasteiger partial charge < -0.3 is 15.5 Å². The van der Waals surface area contributed by atoms with E-state index < -0.39 is 5.82 Å². The van der Waals surface area contributed by atoms with Crippen molar-refractivity contribution >= 4 is 39.1 Å². The molecule has 0 saturated carbocycles. The third-order valence-electron chi connectivity index (χ3n) is 5.96. The van der Waals surface area contributed by atoms with Crippen molar-refractivity contribution in [2.45, 2.75) is 19.4 Å². The second kappa shape index (κ2) is 7.83. The topological polar surface area (TPSA) is 88.0 Å². The average Bonchev–Trinajstić information content (AvgIpc) is 3.39. The number of fused-ring (bicyclic) bond motifs is 2. The summed E-state index contributed by atoms with van der Waals surface area (Å²) >= 11 is 0. The number of anilines is 2. The zero-order valence-corrected chi connectivity index (χ0v) is 18.2. The van der Waals surface area contributed by atoms with Gasteiger partial charge in [-0.05, 0) is 44.7 Å². The minimum absolute atomic E-state index is 0.272. The number of aryl methyl sites for hydroxylation is 2. The van der Waals surface area contributed by atoms with E-state index in [9.17, 15) is 9.18 Å². The van der Waals surface area contributed by atoms with Gasteiger partial charge in [-0.25, -0.2) is 14.4 Å². The van der Waals surface area contributed by atoms with E-state index in [1.807, 2.05) is 13.1 Å². The number of likely N-dealkylation sites (N-methyl/N-ethyl adjacent to an activating group) is 1. The van der Waals surface area contributed by atoms with E-state index in [0.717, 1.165) is 30.6 Å². The van der Waals surface area contributed by atoms with E-state index in [-0.39, 0.29) is 11.4 Å². The van der Waals surface area contributed by atoms with Gasteiger partial charge in [0.15, 0.2) is 5.82 Å². The number of benzene rings is 2. The van der Waals surface area contributed by atoms with Gasteiger partial charge in [0.05, 0.1) is 11.1 Å². The molecule has 1 aliphatic rings. The largest absolute Gasteiger partial charge is 0.369 e. The highest BCUT2D eigenvalue weighted by molar-refractivity contribution is 6.14. The molecule has 0 radical (unpaired) electrons. The molecule has 0 unspecified atom stereocenters. The molecule has 1 aliphatic heterocycles. The van der Waals surface area contributed by atoms with Crippen LogP contribution >= 0.6 is 0 Å². The van der Waals surface area contributed by atoms with Crippen LogP contribution in [0.4, 0.5) is 15.8 Å². The summed E-state index contributed by atoms with van der Waals surface area (Å²) in [7, 11) is 3.70. The first-order valence-corrected chi connectivity index (χ1v) is 10.6. The SMILES string of the molecule is CN[C@H]1CCN(c2ccc(C(=O)Nc3cc(F)c4nn(C)cc4c3)c3nc(C)ncc23)C1. The van der Waals surface area contributed by atoms with Crippen LogP contribution in [0, 0.1) is 12.7 Å². The third-order valence-corrected chi connectivity index (χ3v) is 5.96. The minimum atomic E-state index is -0.482. The van der Waals surface area contributed by atoms with E-state index in [2.05, 4.69) is 30.6 Å². The van der Waals surface area contributed by atoms with Gasteiger partial charge >= 0.3 is 0 Å². The maximum absolute atomic E-state index is 14.4. The second-order valence-corrected chi connectivity index (χ2v) is 8.18. The molecule has 4 aromatic rings. The summed E-state index contributed by atoms with van der Waals surface area (Å²) < 4.78 is 16.0. The molecule has 0 spiro atoms. The zero-order valence-electron chi connectivity index (χ0n) is 18.2. The zero-order chi connectivity index (χ0) is 22.4. The Hall–Kier alpha value is -3.59. The Morgan fingerprint density at radius 2 is 2.09 bits per heavy atom. The number of rotatable bonds is 4. The number of carbonyl (C=O) groups excluding carboxylic acids is 1. The van der Waals surface area contributed by atoms with Gasteiger partial charge in [0, 0.05) is 60.7 Å². The van der Waals surface area contributed by atoms with Crippen LogP contribution in [0.3, 0.4) is 0 Å². The van der Waals surface area contributed by atoms with Crippen molar-refractivity contribution in [3.63, 3.8) is 0 Å². The fraction of sp³-hybridized carbons (Fsp3) is 0.304. The van der Waals surface area contributed by atoms with Crippen molar-refractivity contribution in [2.24, 2.45) is 7.05 Å². The summed E-state index contributed by atoms with van der Waals surface area (Å²) in [6.45, 7) is 3.60. The second-order valence-electron chi connectivity index (χ2n) is 8.18. The van der Waals surface area contributed by atoms with Crippen molar-refractivity contribution < 1.29 is 9.18 Å². The summed E-state index contributed by atoms with van der Waals surface area (Å²) in [6, 6.07) is 7.15. The molecule has 1 saturated heterocycles. The van der Waals surface area contributed by atoms with Crippen molar-refractivity contribution in [2.75, 3.05) is 30.4 Å². The van der Waals surface area contributed by atoms with Crippen LogP contribution in [-0.2, 0) is 7.05 Å². The summed E-state index contributed by atoms with van der Waals surface area (Å²) in [5.41, 5.74) is 2.66. The first-order chi connectivity index (χ1) is 15.4. The standard InChI is InChI=1S/C23H24FN7O/c1-13-26-10-18-20(31-7-6-15(12-31)25-2)5-4-17(22(18)27-13)23(32)28-16-8-14-11-30(3)29-21(14)19(24)9-16/h4-5,8-11,15,25H,6-7,12H2,1-3H3,(H,28,32)/t15-/m0/s1. The fourth-order valence-corrected chi connectivity index (χ4v) is 4.35. The maximum Gasteiger partial charge on any atom is 0.257 e. The normalized spacial score (nSPS) is 16.2. The Morgan fingerprint density at radius 3 is 2.88 bits per heavy atom. The number of hydrogen-bond donors (Lipinski definition) is 2. The Kier molecular flexibility index (Phi) is 4.97. The van der Waals surface area contributed by atoms with Crippen LogP contribution in [0.15, 0.2) is 36.7 Å². The molecule has 32 heavy (non-hydrogen) atoms. The van der Waals surface area contributed by atoms with Gasteiger partial charge in [0.1, 0.15) is 11.3 Å². The Bertz CT molecular complexity index is 1350. The molecule has 3 heterocycles. The highest BCUT2D eigenvalue weighted by Gasteiger charge is 2.24. The lowest BCUT2D eigenvalue weighted by Crippen LogP contribution is -2.29. The van der Waals surface area contributed by atoms with Crippen LogP contribution < -0.4 is 15.5 Å². The van der Waals surface area contributed by atoms with Crippen molar-refractivity contribution in [3.8, 4) is 0 Å². The first-order valence-electron chi connectivity index (χ1n) is 10.6. The van der Waals surface area contributed by atoms with E-state index in [1.165, 1.54) is 6.07 Å². The van der Waals surface area contributed by atoms with Crippen molar-refractivity contribution in [1.29, 1.82) is 0 Å². The molecule has 9 heteroatoms. The molecule has 1 atom stereocenters. The van der Waals surface area contributed by atoms with E-state index in [1.54, 1.807) is 43.2 Å². The van der Waals surface area contributed by atoms with Gasteiger partial charge in [-0.1, -0.05) is 0 Å². The Morgan fingerprint density at radius 1 is 1.25 bits per heavy atom. The average molecular weight is 433 g/mol. The maximum atomic E-state index is 14.4. The quantitative estimate of drug-likeness (QED) is 0.514. The van der Waals surface area contributed by atoms with Crippen LogP contribution in [0.5, 0.6) is 0 Å². The number of aromatic nitrogens is 4. The molecule has 2 aromatic heterocycles. The number of halogens is 1. The molecule has 5 rings (SSSR count). The number of carbonyl (C=O) groups is 1. The fourth-order valence-electron chi connectivity index (χ4n) is 4.35. The third kappa shape index (κ3) is 3.54. The van der Waals surface area contributed by atoms with E-state index in [0.29, 0.717) is 34.0 Å². The van der Waals surface area contributed by atoms with Gasteiger partial charge in [-0.3, -0.25) is 9.48 Å². The minimum Gasteiger partial charge on any atom is -0.369 e. The monoisotopic (exact) mass is 433 g/mol. The molecular weight excluding hydrogens is 409 g/mol. The molecule has 2 aromatic carbocycles. The Labute approximate surface area is 184 Å². The smallest absolute Gasteiger partial charge is 0.257 e. The molecular formula is C23H24FN7O. The lowest BCUT2D eigenvalue weighted by molar-refractivity contribution is 0.102. The Balaban J connectivity index is 1.52. The van der Waals surface area contributed by atoms with Crippen LogP contribution in [0.25, 0.3) is 21.8 Å². The van der Waals surface area contributed by atoms with Crippen LogP contribution in [-0.4, -0.2) is 51.8 Å². The highest BCUT2D eigenvalue weighted by atomic mass is 19.1. The van der Waals surface area contributed by atoms with Gasteiger partial charge in [-0.2, -0.15) is 5.10 Å². The predicted octanol–water partition coefficient (Wildman–Crippen LogP) is 3.01. The summed E-state index contributed by atoms with van der Waals surface area (Å²) in [4.78, 5) is 24.4. The predicted molar refractivity (Wildman–Crippen MR) is 123 cm³/mol. The lowest BCUT2D eigenvalue weighted by atomic mass is 10.1. The number of nitrogens with one attached hydrogen (secondary N) is 2. The molecule has 0 bridgehead atoms. The molecule has 1 amide bonds. The van der Waals surface area contributed by atoms with E-state index >= 15 is 0 Å². The van der Waals surface area contributed by atoms with E-state index in [4.69, 9.17) is 0 Å². The van der Waals surface area contributed by atoms with Crippen molar-refractivity contribution in [1.82, 2.24) is 25.1 Å². The number of hydrogen-bond acceptors (Lipinski definition) is 6. The number of nitrogens with zero attached hydrogens (tertiary/aromatic N) is 5. The van der Waals surface area contributed by atoms with Crippen LogP contribution in [0.1, 0.15) is 22.6 Å². The molecule has 1 fully saturated rings. The molecule has 0 aliphatic carbocycles. The molecule has 8 nitrogen and oxygen atoms in total. The van der Waals surface area contributed by atoms with Gasteiger partial charge in [0.2, 0.25) is 0 Å². The van der Waals surface area contributed by atoms with Gasteiger partial charge in [-0.15, -0.1) is 0 Å². The number of amides is 1.